The van der Waals surface area contributed by atoms with E-state index >= 15 is 0 Å². The van der Waals surface area contributed by atoms with Crippen LogP contribution in [0, 0.1) is 40.4 Å². The van der Waals surface area contributed by atoms with E-state index in [0.717, 1.165) is 37.5 Å². The molecule has 4 rings (SSSR count). The second-order valence-corrected chi connectivity index (χ2v) is 10.4. The molecule has 0 radical (unpaired) electrons. The Morgan fingerprint density at radius 2 is 1.81 bits per heavy atom. The van der Waals surface area contributed by atoms with Crippen molar-refractivity contribution in [2.45, 2.75) is 91.6 Å². The number of fused-ring (bicyclic) bond motifs is 5. The zero-order valence-electron chi connectivity index (χ0n) is 17.1. The lowest BCUT2D eigenvalue weighted by Crippen LogP contribution is -2.56. The molecule has 3 nitrogen and oxygen atoms in total. The molecule has 4 aliphatic rings. The Bertz CT molecular complexity index is 598. The van der Waals surface area contributed by atoms with Crippen molar-refractivity contribution in [3.05, 3.63) is 0 Å². The van der Waals surface area contributed by atoms with Crippen LogP contribution in [0.2, 0.25) is 0 Å². The van der Waals surface area contributed by atoms with Crippen molar-refractivity contribution >= 4 is 11.8 Å². The van der Waals surface area contributed by atoms with Gasteiger partial charge in [-0.15, -0.1) is 0 Å². The largest absolute Gasteiger partial charge is 0.462 e. The quantitative estimate of drug-likeness (QED) is 0.638. The zero-order chi connectivity index (χ0) is 18.7. The van der Waals surface area contributed by atoms with Crippen LogP contribution in [0.3, 0.4) is 0 Å². The molecule has 8 atom stereocenters. The van der Waals surface area contributed by atoms with E-state index in [1.165, 1.54) is 25.7 Å². The number of hydrogen-bond acceptors (Lipinski definition) is 3. The maximum Gasteiger partial charge on any atom is 0.305 e. The van der Waals surface area contributed by atoms with Gasteiger partial charge in [-0.3, -0.25) is 9.59 Å². The summed E-state index contributed by atoms with van der Waals surface area (Å²) < 4.78 is 5.90. The minimum Gasteiger partial charge on any atom is -0.462 e. The average molecular weight is 361 g/mol. The van der Waals surface area contributed by atoms with Crippen LogP contribution in [-0.4, -0.2) is 17.9 Å². The lowest BCUT2D eigenvalue weighted by molar-refractivity contribution is -0.168. The second-order valence-electron chi connectivity index (χ2n) is 10.4. The highest BCUT2D eigenvalue weighted by Gasteiger charge is 2.62. The smallest absolute Gasteiger partial charge is 0.305 e. The maximum absolute atomic E-state index is 12.1. The molecule has 4 fully saturated rings. The van der Waals surface area contributed by atoms with E-state index in [1.807, 2.05) is 6.92 Å². The molecule has 4 saturated carbocycles. The van der Waals surface area contributed by atoms with Crippen molar-refractivity contribution < 1.29 is 14.3 Å². The summed E-state index contributed by atoms with van der Waals surface area (Å²) in [7, 11) is 0. The molecular weight excluding hydrogens is 324 g/mol. The number of hydrogen-bond donors (Lipinski definition) is 0. The molecule has 0 aliphatic heterocycles. The number of carbonyl (C=O) groups is 2. The molecular formula is C23H36O3. The first-order valence-corrected chi connectivity index (χ1v) is 11.0. The molecule has 0 saturated heterocycles. The summed E-state index contributed by atoms with van der Waals surface area (Å²) in [5.74, 6) is 3.89. The molecule has 0 bridgehead atoms. The van der Waals surface area contributed by atoms with Crippen LogP contribution >= 0.6 is 0 Å². The van der Waals surface area contributed by atoms with Gasteiger partial charge in [-0.05, 0) is 73.5 Å². The van der Waals surface area contributed by atoms with Crippen molar-refractivity contribution in [3.8, 4) is 0 Å². The van der Waals surface area contributed by atoms with Gasteiger partial charge in [0.2, 0.25) is 0 Å². The lowest BCUT2D eigenvalue weighted by atomic mass is 9.43. The number of ether oxygens (including phenoxy) is 1. The third-order valence-corrected chi connectivity index (χ3v) is 9.33. The van der Waals surface area contributed by atoms with Gasteiger partial charge < -0.3 is 4.74 Å². The summed E-state index contributed by atoms with van der Waals surface area (Å²) in [6.45, 7) is 9.19. The third-order valence-electron chi connectivity index (χ3n) is 9.33. The van der Waals surface area contributed by atoms with Gasteiger partial charge in [0.15, 0.2) is 0 Å². The monoisotopic (exact) mass is 360 g/mol. The van der Waals surface area contributed by atoms with Crippen LogP contribution in [0.4, 0.5) is 0 Å². The standard InChI is InChI=1S/C23H36O3/c1-5-21(25)26-20-7-6-17-16-12-14(2)19-13-15(24)8-10-22(19,3)18(16)9-11-23(17,20)4/h14,16-20H,5-13H2,1-4H3/t14-,16+,17+,18+,19-,20+,22-,23+/m1/s1. The van der Waals surface area contributed by atoms with Crippen LogP contribution in [0.5, 0.6) is 0 Å². The van der Waals surface area contributed by atoms with Gasteiger partial charge in [0.05, 0.1) is 0 Å². The maximum atomic E-state index is 12.1. The van der Waals surface area contributed by atoms with Crippen molar-refractivity contribution in [2.24, 2.45) is 40.4 Å². The number of esters is 1. The number of ketones is 1. The highest BCUT2D eigenvalue weighted by molar-refractivity contribution is 5.79. The van der Waals surface area contributed by atoms with Crippen molar-refractivity contribution in [1.82, 2.24) is 0 Å². The van der Waals surface area contributed by atoms with E-state index in [4.69, 9.17) is 4.74 Å². The van der Waals surface area contributed by atoms with Crippen LogP contribution in [0.25, 0.3) is 0 Å². The summed E-state index contributed by atoms with van der Waals surface area (Å²) in [4.78, 5) is 24.1. The normalized spacial score (nSPS) is 50.5. The van der Waals surface area contributed by atoms with E-state index in [0.29, 0.717) is 35.4 Å². The fraction of sp³-hybridized carbons (Fsp3) is 0.913. The Labute approximate surface area is 158 Å². The number of rotatable bonds is 2. The zero-order valence-corrected chi connectivity index (χ0v) is 17.1. The van der Waals surface area contributed by atoms with Gasteiger partial charge in [-0.2, -0.15) is 0 Å². The predicted molar refractivity (Wildman–Crippen MR) is 101 cm³/mol. The van der Waals surface area contributed by atoms with Crippen LogP contribution in [0.15, 0.2) is 0 Å². The fourth-order valence-corrected chi connectivity index (χ4v) is 7.90. The highest BCUT2D eigenvalue weighted by Crippen LogP contribution is 2.67. The van der Waals surface area contributed by atoms with E-state index in [1.54, 1.807) is 0 Å². The van der Waals surface area contributed by atoms with Crippen molar-refractivity contribution in [3.63, 3.8) is 0 Å². The summed E-state index contributed by atoms with van der Waals surface area (Å²) in [6.07, 6.45) is 9.28. The summed E-state index contributed by atoms with van der Waals surface area (Å²) in [5.41, 5.74) is 0.509. The van der Waals surface area contributed by atoms with E-state index in [9.17, 15) is 9.59 Å². The molecule has 0 aromatic carbocycles. The summed E-state index contributed by atoms with van der Waals surface area (Å²) >= 11 is 0. The minimum atomic E-state index is -0.0335. The SMILES string of the molecule is CCC(=O)O[C@H]1CC[C@H]2[C@@H]3C[C@@H](C)[C@H]4CC(=O)CC[C@]4(C)[C@H]3CC[C@]12C. The Morgan fingerprint density at radius 3 is 2.54 bits per heavy atom. The molecule has 0 N–H and O–H groups in total. The highest BCUT2D eigenvalue weighted by atomic mass is 16.5. The number of Topliss-reactive ketones (excluding diaryl/α,β-unsaturated/α-hetero) is 1. The Morgan fingerprint density at radius 1 is 1.08 bits per heavy atom. The Hall–Kier alpha value is -0.860. The van der Waals surface area contributed by atoms with Crippen LogP contribution in [0.1, 0.15) is 85.5 Å². The molecule has 146 valence electrons. The Balaban J connectivity index is 1.59. The predicted octanol–water partition coefficient (Wildman–Crippen LogP) is 5.17. The summed E-state index contributed by atoms with van der Waals surface area (Å²) in [6, 6.07) is 0. The van der Waals surface area contributed by atoms with E-state index < -0.39 is 0 Å². The molecule has 4 aliphatic carbocycles. The summed E-state index contributed by atoms with van der Waals surface area (Å²) in [5, 5.41) is 0. The van der Waals surface area contributed by atoms with Crippen molar-refractivity contribution in [2.75, 3.05) is 0 Å². The van der Waals surface area contributed by atoms with Crippen LogP contribution in [-0.2, 0) is 14.3 Å². The molecule has 26 heavy (non-hydrogen) atoms. The van der Waals surface area contributed by atoms with Gasteiger partial charge in [0.1, 0.15) is 11.9 Å². The topological polar surface area (TPSA) is 43.4 Å². The van der Waals surface area contributed by atoms with Gasteiger partial charge in [0, 0.05) is 24.7 Å². The second kappa shape index (κ2) is 6.34. The molecule has 0 spiro atoms. The van der Waals surface area contributed by atoms with Gasteiger partial charge in [0.25, 0.3) is 0 Å². The van der Waals surface area contributed by atoms with Gasteiger partial charge >= 0.3 is 5.97 Å². The minimum absolute atomic E-state index is 0.0335. The molecule has 3 heteroatoms. The van der Waals surface area contributed by atoms with E-state index in [-0.39, 0.29) is 17.5 Å². The first-order chi connectivity index (χ1) is 12.3. The van der Waals surface area contributed by atoms with Gasteiger partial charge in [-0.1, -0.05) is 27.7 Å². The molecule has 0 unspecified atom stereocenters. The molecule has 0 aromatic rings. The van der Waals surface area contributed by atoms with Gasteiger partial charge in [-0.25, -0.2) is 0 Å². The average Bonchev–Trinajstić information content (AvgIpc) is 2.93. The first kappa shape index (κ1) is 18.5. The fourth-order valence-electron chi connectivity index (χ4n) is 7.90. The Kier molecular flexibility index (Phi) is 4.51. The van der Waals surface area contributed by atoms with Crippen molar-refractivity contribution in [1.29, 1.82) is 0 Å². The van der Waals surface area contributed by atoms with Crippen LogP contribution < -0.4 is 0 Å². The first-order valence-electron chi connectivity index (χ1n) is 11.0. The molecule has 0 aromatic heterocycles. The lowest BCUT2D eigenvalue weighted by Gasteiger charge is -2.61. The third kappa shape index (κ3) is 2.59. The number of carbonyl (C=O) groups excluding carboxylic acids is 2. The molecule has 0 heterocycles. The molecule has 0 amide bonds. The van der Waals surface area contributed by atoms with E-state index in [2.05, 4.69) is 20.8 Å².